The Balaban J connectivity index is 2.05. The van der Waals surface area contributed by atoms with Gasteiger partial charge >= 0.3 is 0 Å². The number of rotatable bonds is 1. The second-order valence-corrected chi connectivity index (χ2v) is 7.72. The van der Waals surface area contributed by atoms with E-state index in [2.05, 4.69) is 27.0 Å². The van der Waals surface area contributed by atoms with Crippen molar-refractivity contribution in [3.05, 3.63) is 66.4 Å². The molecule has 4 aromatic rings. The van der Waals surface area contributed by atoms with Gasteiger partial charge in [-0.2, -0.15) is 0 Å². The number of aromatic hydroxyl groups is 1. The first-order valence-corrected chi connectivity index (χ1v) is 8.97. The molecule has 0 spiro atoms. The van der Waals surface area contributed by atoms with Crippen LogP contribution in [0.4, 0.5) is 0 Å². The van der Waals surface area contributed by atoms with Crippen molar-refractivity contribution in [2.24, 2.45) is 0 Å². The molecule has 2 heterocycles. The minimum Gasteiger partial charge on any atom is -0.507 e. The summed E-state index contributed by atoms with van der Waals surface area (Å²) < 4.78 is 3.05. The molecular formula is C18H13BrN2O2S. The third-order valence-electron chi connectivity index (χ3n) is 3.96. The Kier molecular flexibility index (Phi) is 3.47. The molecule has 1 N–H and O–H groups in total. The molecule has 0 saturated heterocycles. The molecule has 0 radical (unpaired) electrons. The van der Waals surface area contributed by atoms with Crippen molar-refractivity contribution in [1.82, 2.24) is 9.38 Å². The van der Waals surface area contributed by atoms with Crippen LogP contribution in [0.25, 0.3) is 22.1 Å². The van der Waals surface area contributed by atoms with Gasteiger partial charge in [0.1, 0.15) is 5.75 Å². The maximum atomic E-state index is 12.8. The van der Waals surface area contributed by atoms with Crippen LogP contribution in [-0.4, -0.2) is 14.5 Å². The molecule has 0 atom stereocenters. The zero-order valence-electron chi connectivity index (χ0n) is 13.0. The van der Waals surface area contributed by atoms with E-state index in [1.165, 1.54) is 11.3 Å². The quantitative estimate of drug-likeness (QED) is 0.531. The third kappa shape index (κ3) is 2.34. The van der Waals surface area contributed by atoms with Crippen molar-refractivity contribution < 1.29 is 5.11 Å². The summed E-state index contributed by atoms with van der Waals surface area (Å²) in [5, 5.41) is 9.99. The molecule has 4 rings (SSSR count). The second-order valence-electron chi connectivity index (χ2n) is 5.80. The van der Waals surface area contributed by atoms with Crippen molar-refractivity contribution in [3.8, 4) is 5.75 Å². The number of nitrogens with zero attached hydrogens (tertiary/aromatic N) is 2. The van der Waals surface area contributed by atoms with E-state index in [4.69, 9.17) is 0 Å². The van der Waals surface area contributed by atoms with Crippen LogP contribution in [0.3, 0.4) is 0 Å². The van der Waals surface area contributed by atoms with Crippen LogP contribution in [-0.2, 0) is 0 Å². The Hall–Kier alpha value is -2.18. The van der Waals surface area contributed by atoms with Gasteiger partial charge in [-0.05, 0) is 55.3 Å². The van der Waals surface area contributed by atoms with Crippen molar-refractivity contribution in [1.29, 1.82) is 0 Å². The van der Waals surface area contributed by atoms with E-state index in [-0.39, 0.29) is 11.3 Å². The molecular weight excluding hydrogens is 388 g/mol. The lowest BCUT2D eigenvalue weighted by Crippen LogP contribution is -2.22. The Labute approximate surface area is 149 Å². The lowest BCUT2D eigenvalue weighted by molar-refractivity contribution is 0.474. The third-order valence-corrected chi connectivity index (χ3v) is 5.42. The number of phenolic OH excluding ortho intramolecular Hbond substituents is 1. The average molecular weight is 401 g/mol. The summed E-state index contributed by atoms with van der Waals surface area (Å²) in [7, 11) is 0. The fourth-order valence-electron chi connectivity index (χ4n) is 2.89. The van der Waals surface area contributed by atoms with E-state index in [9.17, 15) is 9.90 Å². The van der Waals surface area contributed by atoms with Crippen LogP contribution >= 0.6 is 27.3 Å². The first kappa shape index (κ1) is 15.4. The first-order chi connectivity index (χ1) is 11.4. The number of halogens is 1. The van der Waals surface area contributed by atoms with Crippen LogP contribution < -0.4 is 10.1 Å². The van der Waals surface area contributed by atoms with E-state index in [1.54, 1.807) is 28.7 Å². The fourth-order valence-corrected chi connectivity index (χ4v) is 4.24. The highest BCUT2D eigenvalue weighted by atomic mass is 79.9. The molecule has 24 heavy (non-hydrogen) atoms. The molecule has 4 nitrogen and oxygen atoms in total. The number of imidazole rings is 1. The van der Waals surface area contributed by atoms with Gasteiger partial charge in [0.25, 0.3) is 5.56 Å². The number of aryl methyl sites for hydroxylation is 2. The smallest absolute Gasteiger partial charge is 0.274 e. The number of benzene rings is 2. The zero-order chi connectivity index (χ0) is 17.0. The highest BCUT2D eigenvalue weighted by Gasteiger charge is 2.13. The van der Waals surface area contributed by atoms with E-state index in [0.29, 0.717) is 15.1 Å². The predicted octanol–water partition coefficient (Wildman–Crippen LogP) is 3.54. The Morgan fingerprint density at radius 2 is 2.04 bits per heavy atom. The standard InChI is InChI=1S/C18H13BrN2O2S/c1-9-5-10(2)16-13(6-9)21-17(23)15(24-18(21)20-16)8-11-7-12(19)3-4-14(11)22/h3-8,22H,1-2H3/b15-8+. The van der Waals surface area contributed by atoms with Crippen LogP contribution in [0.5, 0.6) is 5.75 Å². The topological polar surface area (TPSA) is 54.6 Å². The molecule has 0 unspecified atom stereocenters. The highest BCUT2D eigenvalue weighted by molar-refractivity contribution is 9.10. The minimum absolute atomic E-state index is 0.109. The summed E-state index contributed by atoms with van der Waals surface area (Å²) in [6.07, 6.45) is 1.70. The maximum Gasteiger partial charge on any atom is 0.274 e. The minimum atomic E-state index is -0.109. The number of hydrogen-bond donors (Lipinski definition) is 1. The van der Waals surface area contributed by atoms with Gasteiger partial charge in [0, 0.05) is 10.0 Å². The lowest BCUT2D eigenvalue weighted by atomic mass is 10.1. The number of hydrogen-bond acceptors (Lipinski definition) is 4. The molecule has 0 aliphatic rings. The van der Waals surface area contributed by atoms with Crippen molar-refractivity contribution in [2.45, 2.75) is 13.8 Å². The van der Waals surface area contributed by atoms with E-state index < -0.39 is 0 Å². The number of fused-ring (bicyclic) bond motifs is 3. The van der Waals surface area contributed by atoms with Crippen LogP contribution in [0.2, 0.25) is 0 Å². The molecule has 0 saturated carbocycles. The number of thiazole rings is 1. The summed E-state index contributed by atoms with van der Waals surface area (Å²) in [6, 6.07) is 9.18. The van der Waals surface area contributed by atoms with Gasteiger partial charge in [0.05, 0.1) is 15.6 Å². The summed E-state index contributed by atoms with van der Waals surface area (Å²) in [5.41, 5.74) is 4.35. The normalized spacial score (nSPS) is 12.5. The summed E-state index contributed by atoms with van der Waals surface area (Å²) in [6.45, 7) is 4.01. The van der Waals surface area contributed by atoms with E-state index >= 15 is 0 Å². The maximum absolute atomic E-state index is 12.8. The largest absolute Gasteiger partial charge is 0.507 e. The molecule has 6 heteroatoms. The summed E-state index contributed by atoms with van der Waals surface area (Å²) in [4.78, 5) is 18.1. The molecule has 0 amide bonds. The first-order valence-electron chi connectivity index (χ1n) is 7.36. The lowest BCUT2D eigenvalue weighted by Gasteiger charge is -1.98. The van der Waals surface area contributed by atoms with Gasteiger partial charge in [-0.25, -0.2) is 9.38 Å². The van der Waals surface area contributed by atoms with Crippen LogP contribution in [0, 0.1) is 13.8 Å². The summed E-state index contributed by atoms with van der Waals surface area (Å²) in [5.74, 6) is 0.139. The highest BCUT2D eigenvalue weighted by Crippen LogP contribution is 2.24. The predicted molar refractivity (Wildman–Crippen MR) is 101 cm³/mol. The Bertz CT molecular complexity index is 1220. The summed E-state index contributed by atoms with van der Waals surface area (Å²) >= 11 is 4.71. The fraction of sp³-hybridized carbons (Fsp3) is 0.111. The van der Waals surface area contributed by atoms with Gasteiger partial charge < -0.3 is 5.11 Å². The second kappa shape index (κ2) is 5.43. The van der Waals surface area contributed by atoms with Crippen molar-refractivity contribution >= 4 is 49.3 Å². The molecule has 0 fully saturated rings. The zero-order valence-corrected chi connectivity index (χ0v) is 15.4. The van der Waals surface area contributed by atoms with Crippen LogP contribution in [0.15, 0.2) is 39.6 Å². The Morgan fingerprint density at radius 3 is 2.83 bits per heavy atom. The molecule has 0 aliphatic heterocycles. The van der Waals surface area contributed by atoms with E-state index in [0.717, 1.165) is 26.6 Å². The average Bonchev–Trinajstić information content (AvgIpc) is 3.01. The van der Waals surface area contributed by atoms with Gasteiger partial charge in [-0.3, -0.25) is 4.79 Å². The van der Waals surface area contributed by atoms with Gasteiger partial charge in [-0.1, -0.05) is 33.3 Å². The van der Waals surface area contributed by atoms with Gasteiger partial charge in [0.15, 0.2) is 4.96 Å². The molecule has 0 aliphatic carbocycles. The number of aromatic nitrogens is 2. The SMILES string of the molecule is Cc1cc(C)c2nc3s/c(=C/c4cc(Br)ccc4O)c(=O)n3c2c1. The van der Waals surface area contributed by atoms with Gasteiger partial charge in [0.2, 0.25) is 0 Å². The number of phenols is 1. The molecule has 2 aromatic heterocycles. The van der Waals surface area contributed by atoms with Crippen molar-refractivity contribution in [2.75, 3.05) is 0 Å². The molecule has 2 aromatic carbocycles. The van der Waals surface area contributed by atoms with E-state index in [1.807, 2.05) is 19.9 Å². The van der Waals surface area contributed by atoms with Gasteiger partial charge in [-0.15, -0.1) is 0 Å². The monoisotopic (exact) mass is 400 g/mol. The van der Waals surface area contributed by atoms with Crippen molar-refractivity contribution in [3.63, 3.8) is 0 Å². The molecule has 0 bridgehead atoms. The van der Waals surface area contributed by atoms with Crippen LogP contribution in [0.1, 0.15) is 16.7 Å². The Morgan fingerprint density at radius 1 is 1.25 bits per heavy atom. The molecule has 120 valence electrons.